The molecule has 1 aromatic carbocycles. The molecule has 6 N–H and O–H groups in total. The lowest BCUT2D eigenvalue weighted by atomic mass is 10.1. The maximum Gasteiger partial charge on any atom is 0.325 e. The summed E-state index contributed by atoms with van der Waals surface area (Å²) >= 11 is 0. The second kappa shape index (κ2) is 14.1. The molecule has 0 radical (unpaired) electrons. The molecule has 0 aromatic heterocycles. The van der Waals surface area contributed by atoms with E-state index in [4.69, 9.17) is 5.11 Å². The Morgan fingerprint density at radius 2 is 0.900 bits per heavy atom. The molecule has 0 fully saturated rings. The highest BCUT2D eigenvalue weighted by atomic mass is 16.6. The van der Waals surface area contributed by atoms with Gasteiger partial charge in [-0.05, 0) is 34.6 Å². The number of non-ortho nitro benzene ring substituents is 2. The first-order chi connectivity index (χ1) is 18.4. The van der Waals surface area contributed by atoms with Gasteiger partial charge in [0, 0.05) is 12.1 Å². The van der Waals surface area contributed by atoms with Gasteiger partial charge < -0.3 is 31.7 Å². The van der Waals surface area contributed by atoms with E-state index in [2.05, 4.69) is 26.6 Å². The van der Waals surface area contributed by atoms with Crippen LogP contribution < -0.4 is 26.6 Å². The molecule has 5 atom stereocenters. The molecule has 0 bridgehead atoms. The Hall–Kier alpha value is -5.16. The standard InChI is InChI=1S/C22H29N7O11/c1-9(18(31)25-11(3)20(33)27-13(5)22(35)36)23-17(30)10(2)24-19(32)12(4)26-21(34)14-6-15(28(37)38)8-16(7-14)29(39)40/h6-13H,1-5H3,(H,23,30)(H,24,32)(H,25,31)(H,26,34)(H,27,33)(H,35,36). The number of aliphatic carboxylic acids is 1. The third-order valence-corrected chi connectivity index (χ3v) is 5.31. The Balaban J connectivity index is 2.70. The number of benzene rings is 1. The maximum absolute atomic E-state index is 12.5. The Labute approximate surface area is 226 Å². The van der Waals surface area contributed by atoms with Gasteiger partial charge in [0.25, 0.3) is 17.3 Å². The van der Waals surface area contributed by atoms with Crippen LogP contribution in [0.4, 0.5) is 11.4 Å². The molecule has 5 unspecified atom stereocenters. The molecule has 18 nitrogen and oxygen atoms in total. The van der Waals surface area contributed by atoms with Crippen LogP contribution in [0.25, 0.3) is 0 Å². The summed E-state index contributed by atoms with van der Waals surface area (Å²) in [7, 11) is 0. The minimum absolute atomic E-state index is 0.438. The quantitative estimate of drug-likeness (QED) is 0.121. The van der Waals surface area contributed by atoms with E-state index in [9.17, 15) is 49.0 Å². The van der Waals surface area contributed by atoms with E-state index in [1.165, 1.54) is 34.6 Å². The van der Waals surface area contributed by atoms with Gasteiger partial charge in [-0.3, -0.25) is 49.0 Å². The van der Waals surface area contributed by atoms with E-state index in [1.807, 2.05) is 0 Å². The second-order valence-electron chi connectivity index (χ2n) is 8.71. The number of nitro benzene ring substituents is 2. The normalized spacial score (nSPS) is 14.2. The van der Waals surface area contributed by atoms with Crippen molar-refractivity contribution in [2.75, 3.05) is 0 Å². The first kappa shape index (κ1) is 32.9. The minimum Gasteiger partial charge on any atom is -0.480 e. The van der Waals surface area contributed by atoms with Crippen molar-refractivity contribution in [1.82, 2.24) is 26.6 Å². The molecule has 1 aromatic rings. The fourth-order valence-corrected chi connectivity index (χ4v) is 2.89. The molecular formula is C22H29N7O11. The highest BCUT2D eigenvalue weighted by molar-refractivity contribution is 5.99. The van der Waals surface area contributed by atoms with Crippen LogP contribution in [0.2, 0.25) is 0 Å². The van der Waals surface area contributed by atoms with E-state index < -0.39 is 92.5 Å². The fourth-order valence-electron chi connectivity index (χ4n) is 2.89. The highest BCUT2D eigenvalue weighted by Gasteiger charge is 2.27. The lowest BCUT2D eigenvalue weighted by molar-refractivity contribution is -0.394. The molecule has 218 valence electrons. The number of amides is 5. The van der Waals surface area contributed by atoms with Crippen LogP contribution in [0, 0.1) is 20.2 Å². The lowest BCUT2D eigenvalue weighted by Gasteiger charge is -2.22. The van der Waals surface area contributed by atoms with Crippen LogP contribution in [-0.4, -0.2) is 80.7 Å². The molecule has 40 heavy (non-hydrogen) atoms. The van der Waals surface area contributed by atoms with E-state index in [0.29, 0.717) is 6.07 Å². The Kier molecular flexibility index (Phi) is 11.6. The predicted octanol–water partition coefficient (Wildman–Crippen LogP) is -1.28. The van der Waals surface area contributed by atoms with E-state index >= 15 is 0 Å². The number of carbonyl (C=O) groups excluding carboxylic acids is 5. The van der Waals surface area contributed by atoms with Gasteiger partial charge in [-0.15, -0.1) is 0 Å². The van der Waals surface area contributed by atoms with Gasteiger partial charge in [-0.25, -0.2) is 0 Å². The number of nitro groups is 2. The Bertz CT molecular complexity index is 1190. The smallest absolute Gasteiger partial charge is 0.325 e. The van der Waals surface area contributed by atoms with E-state index in [1.54, 1.807) is 0 Å². The van der Waals surface area contributed by atoms with Gasteiger partial charge in [0.1, 0.15) is 30.2 Å². The van der Waals surface area contributed by atoms with Crippen LogP contribution in [0.15, 0.2) is 18.2 Å². The van der Waals surface area contributed by atoms with Crippen molar-refractivity contribution >= 4 is 46.9 Å². The summed E-state index contributed by atoms with van der Waals surface area (Å²) in [6.07, 6.45) is 0. The Morgan fingerprint density at radius 3 is 1.20 bits per heavy atom. The summed E-state index contributed by atoms with van der Waals surface area (Å²) in [6, 6.07) is -3.70. The molecule has 0 aliphatic rings. The van der Waals surface area contributed by atoms with Gasteiger partial charge >= 0.3 is 5.97 Å². The van der Waals surface area contributed by atoms with Crippen molar-refractivity contribution in [3.05, 3.63) is 44.0 Å². The SMILES string of the molecule is CC(NC(=O)C(C)NC(=O)C(C)NC(=O)C(C)NC(=O)C(C)NC(=O)c1cc([N+](=O)[O-])cc([N+](=O)[O-])c1)C(=O)O. The van der Waals surface area contributed by atoms with Crippen molar-refractivity contribution in [2.45, 2.75) is 64.8 Å². The molecule has 0 aliphatic carbocycles. The van der Waals surface area contributed by atoms with Crippen molar-refractivity contribution < 1.29 is 43.7 Å². The summed E-state index contributed by atoms with van der Waals surface area (Å²) in [6.45, 7) is 6.35. The van der Waals surface area contributed by atoms with Crippen LogP contribution in [0.3, 0.4) is 0 Å². The van der Waals surface area contributed by atoms with Crippen molar-refractivity contribution in [2.24, 2.45) is 0 Å². The topological polar surface area (TPSA) is 269 Å². The van der Waals surface area contributed by atoms with Crippen molar-refractivity contribution in [1.29, 1.82) is 0 Å². The number of nitrogens with one attached hydrogen (secondary N) is 5. The molecule has 5 amide bonds. The molecular weight excluding hydrogens is 538 g/mol. The monoisotopic (exact) mass is 567 g/mol. The van der Waals surface area contributed by atoms with Gasteiger partial charge in [-0.2, -0.15) is 0 Å². The summed E-state index contributed by atoms with van der Waals surface area (Å²) in [5.74, 6) is -5.49. The molecule has 0 spiro atoms. The van der Waals surface area contributed by atoms with Crippen molar-refractivity contribution in [3.8, 4) is 0 Å². The zero-order valence-corrected chi connectivity index (χ0v) is 22.0. The number of carbonyl (C=O) groups is 6. The zero-order valence-electron chi connectivity index (χ0n) is 22.0. The second-order valence-corrected chi connectivity index (χ2v) is 8.71. The number of carboxylic acids is 1. The number of carboxylic acid groups (broad SMARTS) is 1. The average Bonchev–Trinajstić information content (AvgIpc) is 2.87. The van der Waals surface area contributed by atoms with Crippen LogP contribution in [0.5, 0.6) is 0 Å². The average molecular weight is 568 g/mol. The molecule has 0 aliphatic heterocycles. The highest BCUT2D eigenvalue weighted by Crippen LogP contribution is 2.22. The maximum atomic E-state index is 12.5. The summed E-state index contributed by atoms with van der Waals surface area (Å²) in [4.78, 5) is 92.7. The molecule has 0 saturated carbocycles. The zero-order chi connectivity index (χ0) is 30.9. The molecule has 0 heterocycles. The largest absolute Gasteiger partial charge is 0.480 e. The first-order valence-corrected chi connectivity index (χ1v) is 11.6. The van der Waals surface area contributed by atoms with Gasteiger partial charge in [0.15, 0.2) is 0 Å². The van der Waals surface area contributed by atoms with Gasteiger partial charge in [0.2, 0.25) is 23.6 Å². The van der Waals surface area contributed by atoms with E-state index in [-0.39, 0.29) is 0 Å². The summed E-state index contributed by atoms with van der Waals surface area (Å²) in [5.41, 5.74) is -1.85. The molecule has 1 rings (SSSR count). The Morgan fingerprint density at radius 1 is 0.600 bits per heavy atom. The van der Waals surface area contributed by atoms with Gasteiger partial charge in [-0.1, -0.05) is 0 Å². The third-order valence-electron chi connectivity index (χ3n) is 5.31. The minimum atomic E-state index is -1.28. The number of rotatable bonds is 13. The van der Waals surface area contributed by atoms with Crippen LogP contribution in [0.1, 0.15) is 45.0 Å². The number of hydrogen-bond acceptors (Lipinski definition) is 10. The van der Waals surface area contributed by atoms with Crippen LogP contribution in [-0.2, 0) is 24.0 Å². The fraction of sp³-hybridized carbons (Fsp3) is 0.455. The van der Waals surface area contributed by atoms with E-state index in [0.717, 1.165) is 12.1 Å². The van der Waals surface area contributed by atoms with Crippen molar-refractivity contribution in [3.63, 3.8) is 0 Å². The lowest BCUT2D eigenvalue weighted by Crippen LogP contribution is -2.56. The third kappa shape index (κ3) is 9.62. The number of nitrogens with zero attached hydrogens (tertiary/aromatic N) is 2. The van der Waals surface area contributed by atoms with Crippen LogP contribution >= 0.6 is 0 Å². The van der Waals surface area contributed by atoms with Gasteiger partial charge in [0.05, 0.1) is 21.5 Å². The molecule has 18 heteroatoms. The number of hydrogen-bond donors (Lipinski definition) is 6. The molecule has 0 saturated heterocycles. The first-order valence-electron chi connectivity index (χ1n) is 11.6. The summed E-state index contributed by atoms with van der Waals surface area (Å²) < 4.78 is 0. The predicted molar refractivity (Wildman–Crippen MR) is 135 cm³/mol. The summed E-state index contributed by atoms with van der Waals surface area (Å²) in [5, 5.41) is 42.2.